The largest absolute Gasteiger partial charge is 0.462 e. The minimum atomic E-state index is -0.311. The third-order valence-electron chi connectivity index (χ3n) is 6.32. The summed E-state index contributed by atoms with van der Waals surface area (Å²) in [4.78, 5) is 17.2. The first-order chi connectivity index (χ1) is 17.1. The highest BCUT2D eigenvalue weighted by atomic mass is 35.5. The maximum absolute atomic E-state index is 12.3. The Balaban J connectivity index is 1.64. The summed E-state index contributed by atoms with van der Waals surface area (Å²) in [5, 5.41) is 0.732. The molecular formula is C30H33ClN2O2. The normalized spacial score (nSPS) is 11.2. The van der Waals surface area contributed by atoms with Gasteiger partial charge in [-0.15, -0.1) is 0 Å². The molecule has 0 spiro atoms. The number of hydrogen-bond acceptors (Lipinski definition) is 3. The lowest BCUT2D eigenvalue weighted by atomic mass is 10.0. The van der Waals surface area contributed by atoms with Gasteiger partial charge in [0.2, 0.25) is 0 Å². The van der Waals surface area contributed by atoms with Crippen molar-refractivity contribution in [2.45, 2.75) is 58.9 Å². The third kappa shape index (κ3) is 6.12. The Hall–Kier alpha value is -3.11. The van der Waals surface area contributed by atoms with E-state index in [9.17, 15) is 4.79 Å². The minimum absolute atomic E-state index is 0.311. The smallest absolute Gasteiger partial charge is 0.338 e. The first-order valence-corrected chi connectivity index (χ1v) is 13.0. The average molecular weight is 489 g/mol. The van der Waals surface area contributed by atoms with E-state index in [1.54, 1.807) is 0 Å². The van der Waals surface area contributed by atoms with Gasteiger partial charge in [0, 0.05) is 17.1 Å². The van der Waals surface area contributed by atoms with Crippen LogP contribution in [0.4, 0.5) is 0 Å². The molecule has 182 valence electrons. The molecule has 0 fully saturated rings. The molecule has 0 atom stereocenters. The number of esters is 1. The van der Waals surface area contributed by atoms with Gasteiger partial charge in [0.05, 0.1) is 23.2 Å². The van der Waals surface area contributed by atoms with Gasteiger partial charge in [-0.25, -0.2) is 9.78 Å². The Labute approximate surface area is 212 Å². The summed E-state index contributed by atoms with van der Waals surface area (Å²) in [6.45, 7) is 5.31. The number of carbonyl (C=O) groups excluding carboxylic acids is 1. The number of ether oxygens (including phenoxy) is 1. The Morgan fingerprint density at radius 1 is 0.829 bits per heavy atom. The van der Waals surface area contributed by atoms with E-state index in [1.165, 1.54) is 32.1 Å². The highest BCUT2D eigenvalue weighted by Crippen LogP contribution is 2.29. The Kier molecular flexibility index (Phi) is 8.59. The SMILES string of the molecule is CCCCCCCCn1c(-c2ccc(-c3ccc(Cl)cc3)cc2)nc2cc(C(=O)OCC)ccc21. The molecule has 4 aromatic rings. The summed E-state index contributed by atoms with van der Waals surface area (Å²) in [6.07, 6.45) is 7.42. The van der Waals surface area contributed by atoms with Gasteiger partial charge < -0.3 is 9.30 Å². The van der Waals surface area contributed by atoms with Crippen molar-refractivity contribution in [3.8, 4) is 22.5 Å². The van der Waals surface area contributed by atoms with Crippen molar-refractivity contribution in [2.24, 2.45) is 0 Å². The predicted molar refractivity (Wildman–Crippen MR) is 145 cm³/mol. The fraction of sp³-hybridized carbons (Fsp3) is 0.333. The number of aryl methyl sites for hydroxylation is 1. The second-order valence-corrected chi connectivity index (χ2v) is 9.30. The number of halogens is 1. The van der Waals surface area contributed by atoms with E-state index in [2.05, 4.69) is 35.8 Å². The van der Waals surface area contributed by atoms with E-state index in [4.69, 9.17) is 21.3 Å². The zero-order chi connectivity index (χ0) is 24.6. The molecule has 0 aliphatic rings. The summed E-state index contributed by atoms with van der Waals surface area (Å²) < 4.78 is 7.48. The number of rotatable bonds is 11. The number of unbranched alkanes of at least 4 members (excludes halogenated alkanes) is 5. The van der Waals surface area contributed by atoms with E-state index < -0.39 is 0 Å². The van der Waals surface area contributed by atoms with Crippen molar-refractivity contribution in [3.05, 3.63) is 77.3 Å². The van der Waals surface area contributed by atoms with Crippen LogP contribution in [0.15, 0.2) is 66.7 Å². The molecule has 0 bridgehead atoms. The Morgan fingerprint density at radius 3 is 2.14 bits per heavy atom. The molecule has 0 unspecified atom stereocenters. The molecule has 0 radical (unpaired) electrons. The number of aromatic nitrogens is 2. The first kappa shape index (κ1) is 25.0. The first-order valence-electron chi connectivity index (χ1n) is 12.6. The highest BCUT2D eigenvalue weighted by Gasteiger charge is 2.16. The Morgan fingerprint density at radius 2 is 1.46 bits per heavy atom. The highest BCUT2D eigenvalue weighted by molar-refractivity contribution is 6.30. The summed E-state index contributed by atoms with van der Waals surface area (Å²) in [5.41, 5.74) is 5.71. The lowest BCUT2D eigenvalue weighted by Crippen LogP contribution is -2.04. The molecule has 1 aromatic heterocycles. The van der Waals surface area contributed by atoms with Gasteiger partial charge in [-0.1, -0.05) is 87.0 Å². The van der Waals surface area contributed by atoms with Crippen molar-refractivity contribution in [1.29, 1.82) is 0 Å². The van der Waals surface area contributed by atoms with Crippen LogP contribution in [0.5, 0.6) is 0 Å². The van der Waals surface area contributed by atoms with E-state index >= 15 is 0 Å². The topological polar surface area (TPSA) is 44.1 Å². The molecule has 0 saturated heterocycles. The van der Waals surface area contributed by atoms with E-state index in [-0.39, 0.29) is 5.97 Å². The molecule has 0 aliphatic heterocycles. The summed E-state index contributed by atoms with van der Waals surface area (Å²) in [5.74, 6) is 0.617. The minimum Gasteiger partial charge on any atom is -0.462 e. The fourth-order valence-corrected chi connectivity index (χ4v) is 4.55. The second kappa shape index (κ2) is 12.0. The predicted octanol–water partition coefficient (Wildman–Crippen LogP) is 8.56. The van der Waals surface area contributed by atoms with Crippen molar-refractivity contribution in [3.63, 3.8) is 0 Å². The van der Waals surface area contributed by atoms with Gasteiger partial charge in [0.1, 0.15) is 5.82 Å². The van der Waals surface area contributed by atoms with Crippen molar-refractivity contribution in [1.82, 2.24) is 9.55 Å². The van der Waals surface area contributed by atoms with Crippen LogP contribution in [0, 0.1) is 0 Å². The lowest BCUT2D eigenvalue weighted by Gasteiger charge is -2.11. The number of imidazole rings is 1. The molecule has 3 aromatic carbocycles. The summed E-state index contributed by atoms with van der Waals surface area (Å²) >= 11 is 6.05. The fourth-order valence-electron chi connectivity index (χ4n) is 4.42. The maximum atomic E-state index is 12.3. The molecule has 4 nitrogen and oxygen atoms in total. The molecule has 0 saturated carbocycles. The number of hydrogen-bond donors (Lipinski definition) is 0. The van der Waals surface area contributed by atoms with E-state index in [1.807, 2.05) is 49.4 Å². The summed E-state index contributed by atoms with van der Waals surface area (Å²) in [6, 6.07) is 22.0. The molecule has 0 aliphatic carbocycles. The zero-order valence-electron chi connectivity index (χ0n) is 20.6. The van der Waals surface area contributed by atoms with Crippen LogP contribution in [0.2, 0.25) is 5.02 Å². The van der Waals surface area contributed by atoms with E-state index in [0.717, 1.165) is 51.5 Å². The van der Waals surface area contributed by atoms with Crippen molar-refractivity contribution >= 4 is 28.6 Å². The quantitative estimate of drug-likeness (QED) is 0.157. The molecular weight excluding hydrogens is 456 g/mol. The van der Waals surface area contributed by atoms with Crippen LogP contribution >= 0.6 is 11.6 Å². The van der Waals surface area contributed by atoms with Gasteiger partial charge in [0.15, 0.2) is 0 Å². The van der Waals surface area contributed by atoms with Crippen LogP contribution in [0.25, 0.3) is 33.5 Å². The number of fused-ring (bicyclic) bond motifs is 1. The van der Waals surface area contributed by atoms with Crippen LogP contribution in [-0.4, -0.2) is 22.1 Å². The van der Waals surface area contributed by atoms with Gasteiger partial charge in [-0.2, -0.15) is 0 Å². The molecule has 0 amide bonds. The van der Waals surface area contributed by atoms with Crippen LogP contribution in [0.1, 0.15) is 62.7 Å². The van der Waals surface area contributed by atoms with Gasteiger partial charge in [0.25, 0.3) is 0 Å². The van der Waals surface area contributed by atoms with Crippen molar-refractivity contribution < 1.29 is 9.53 Å². The van der Waals surface area contributed by atoms with E-state index in [0.29, 0.717) is 12.2 Å². The number of carbonyl (C=O) groups is 1. The zero-order valence-corrected chi connectivity index (χ0v) is 21.4. The van der Waals surface area contributed by atoms with Crippen LogP contribution in [0.3, 0.4) is 0 Å². The third-order valence-corrected chi connectivity index (χ3v) is 6.57. The standard InChI is InChI=1S/C30H33ClN2O2/c1-3-5-6-7-8-9-20-33-28-19-16-25(30(34)35-4-2)21-27(28)32-29(33)24-12-10-22(11-13-24)23-14-17-26(31)18-15-23/h10-19,21H,3-9,20H2,1-2H3. The molecule has 1 heterocycles. The number of nitrogens with zero attached hydrogens (tertiary/aromatic N) is 2. The molecule has 0 N–H and O–H groups in total. The average Bonchev–Trinajstić information content (AvgIpc) is 3.24. The maximum Gasteiger partial charge on any atom is 0.338 e. The molecule has 35 heavy (non-hydrogen) atoms. The molecule has 4 rings (SSSR count). The van der Waals surface area contributed by atoms with Gasteiger partial charge >= 0.3 is 5.97 Å². The Bertz CT molecular complexity index is 1260. The van der Waals surface area contributed by atoms with Gasteiger partial charge in [-0.3, -0.25) is 0 Å². The van der Waals surface area contributed by atoms with Crippen LogP contribution < -0.4 is 0 Å². The lowest BCUT2D eigenvalue weighted by molar-refractivity contribution is 0.0526. The molecule has 5 heteroatoms. The van der Waals surface area contributed by atoms with Crippen molar-refractivity contribution in [2.75, 3.05) is 6.61 Å². The van der Waals surface area contributed by atoms with Gasteiger partial charge in [-0.05, 0) is 54.8 Å². The monoisotopic (exact) mass is 488 g/mol. The second-order valence-electron chi connectivity index (χ2n) is 8.86. The summed E-state index contributed by atoms with van der Waals surface area (Å²) in [7, 11) is 0. The van der Waals surface area contributed by atoms with Crippen LogP contribution in [-0.2, 0) is 11.3 Å². The number of benzene rings is 3.